The van der Waals surface area contributed by atoms with Crippen molar-refractivity contribution >= 4 is 24.0 Å². The molecule has 8 nitrogen and oxygen atoms in total. The first-order valence-corrected chi connectivity index (χ1v) is 14.9. The van der Waals surface area contributed by atoms with Gasteiger partial charge >= 0.3 is 7.12 Å². The fourth-order valence-electron chi connectivity index (χ4n) is 4.97. The third kappa shape index (κ3) is 6.89. The zero-order chi connectivity index (χ0) is 30.5. The first kappa shape index (κ1) is 32.5. The number of ether oxygens (including phenoxy) is 2. The molecule has 0 bridgehead atoms. The van der Waals surface area contributed by atoms with Crippen molar-refractivity contribution in [2.45, 2.75) is 99.5 Å². The van der Waals surface area contributed by atoms with Crippen molar-refractivity contribution < 1.29 is 23.6 Å². The van der Waals surface area contributed by atoms with E-state index in [0.29, 0.717) is 19.5 Å². The van der Waals surface area contributed by atoms with E-state index in [1.54, 1.807) is 7.11 Å². The van der Waals surface area contributed by atoms with Crippen LogP contribution in [-0.4, -0.2) is 58.5 Å². The van der Waals surface area contributed by atoms with Gasteiger partial charge in [0.25, 0.3) is 0 Å². The van der Waals surface area contributed by atoms with E-state index in [2.05, 4.69) is 5.10 Å². The quantitative estimate of drug-likeness (QED) is 0.336. The molecule has 0 saturated carbocycles. The Morgan fingerprint density at radius 2 is 1.68 bits per heavy atom. The van der Waals surface area contributed by atoms with Gasteiger partial charge in [0.1, 0.15) is 23.1 Å². The van der Waals surface area contributed by atoms with Crippen molar-refractivity contribution in [3.63, 3.8) is 0 Å². The van der Waals surface area contributed by atoms with Gasteiger partial charge in [-0.05, 0) is 70.9 Å². The fourth-order valence-corrected chi connectivity index (χ4v) is 4.97. The highest BCUT2D eigenvalue weighted by Crippen LogP contribution is 2.37. The summed E-state index contributed by atoms with van der Waals surface area (Å²) in [6, 6.07) is 9.84. The molecule has 1 amide bonds. The monoisotopic (exact) mass is 565 g/mol. The molecule has 2 aliphatic heterocycles. The second-order valence-electron chi connectivity index (χ2n) is 11.3. The average Bonchev–Trinajstić information content (AvgIpc) is 3.59. The van der Waals surface area contributed by atoms with Crippen LogP contribution in [0.25, 0.3) is 5.52 Å². The Bertz CT molecular complexity index is 1290. The molecule has 2 unspecified atom stereocenters. The highest BCUT2D eigenvalue weighted by Gasteiger charge is 2.52. The van der Waals surface area contributed by atoms with Crippen molar-refractivity contribution in [2.24, 2.45) is 5.92 Å². The number of fused-ring (bicyclic) bond motifs is 1. The van der Waals surface area contributed by atoms with Crippen LogP contribution in [0.1, 0.15) is 79.9 Å². The van der Waals surface area contributed by atoms with E-state index in [-0.39, 0.29) is 17.9 Å². The van der Waals surface area contributed by atoms with Crippen molar-refractivity contribution in [1.82, 2.24) is 14.5 Å². The molecule has 2 aromatic heterocycles. The summed E-state index contributed by atoms with van der Waals surface area (Å²) in [7, 11) is 1.12. The molecule has 2 atom stereocenters. The maximum atomic E-state index is 12.8. The molecular formula is C32H48BN3O5. The molecule has 2 saturated heterocycles. The Morgan fingerprint density at radius 3 is 2.27 bits per heavy atom. The van der Waals surface area contributed by atoms with Crippen molar-refractivity contribution in [1.29, 1.82) is 0 Å². The Morgan fingerprint density at radius 1 is 1.07 bits per heavy atom. The third-order valence-electron chi connectivity index (χ3n) is 8.06. The molecule has 41 heavy (non-hydrogen) atoms. The van der Waals surface area contributed by atoms with E-state index < -0.39 is 18.3 Å². The molecule has 2 fully saturated rings. The van der Waals surface area contributed by atoms with Gasteiger partial charge in [0.05, 0.1) is 24.5 Å². The van der Waals surface area contributed by atoms with Crippen molar-refractivity contribution in [2.75, 3.05) is 13.7 Å². The van der Waals surface area contributed by atoms with Gasteiger partial charge in [-0.15, -0.1) is 0 Å². The Kier molecular flexibility index (Phi) is 10.5. The summed E-state index contributed by atoms with van der Waals surface area (Å²) in [6.45, 7) is 21.4. The number of carbonyl (C=O) groups is 1. The molecule has 0 spiro atoms. The second-order valence-corrected chi connectivity index (χ2v) is 11.3. The van der Waals surface area contributed by atoms with Crippen LogP contribution in [0.3, 0.4) is 0 Å². The van der Waals surface area contributed by atoms with Gasteiger partial charge in [-0.2, -0.15) is 5.10 Å². The normalized spacial score (nSPS) is 19.8. The van der Waals surface area contributed by atoms with Crippen LogP contribution >= 0.6 is 0 Å². The van der Waals surface area contributed by atoms with Gasteiger partial charge in [0.15, 0.2) is 0 Å². The Balaban J connectivity index is 0.00000111. The number of benzene rings is 1. The SMILES string of the molecule is CC.CC.COc1ccc(CN2CC(C(C)Oc3cc(B4OC(C)(C)C(C)(C)O4)cn4ncc(C)c34)CC2=O)cc1. The van der Waals surface area contributed by atoms with Gasteiger partial charge in [0, 0.05) is 37.1 Å². The van der Waals surface area contributed by atoms with Crippen LogP contribution in [0.4, 0.5) is 0 Å². The fraction of sp³-hybridized carbons (Fsp3) is 0.562. The van der Waals surface area contributed by atoms with Gasteiger partial charge in [-0.25, -0.2) is 4.52 Å². The van der Waals surface area contributed by atoms with Crippen LogP contribution in [0, 0.1) is 12.8 Å². The van der Waals surface area contributed by atoms with E-state index in [9.17, 15) is 4.79 Å². The first-order valence-electron chi connectivity index (χ1n) is 14.9. The Hall–Kier alpha value is -3.04. The average molecular weight is 566 g/mol. The molecule has 1 aromatic carbocycles. The standard InChI is InChI=1S/C28H36BN3O5.2C2H6/c1-18-14-30-32-17-22(29-36-27(3,4)28(5,6)37-29)13-24(26(18)32)35-19(2)21-12-25(33)31(16-21)15-20-8-10-23(34-7)11-9-20;2*1-2/h8-11,13-14,17,19,21H,12,15-16H2,1-7H3;2*1-2H3. The minimum Gasteiger partial charge on any atom is -0.497 e. The Labute approximate surface area is 246 Å². The topological polar surface area (TPSA) is 74.5 Å². The maximum Gasteiger partial charge on any atom is 0.496 e. The minimum atomic E-state index is -0.524. The lowest BCUT2D eigenvalue weighted by molar-refractivity contribution is -0.128. The summed E-state index contributed by atoms with van der Waals surface area (Å²) in [4.78, 5) is 14.8. The summed E-state index contributed by atoms with van der Waals surface area (Å²) in [5.74, 6) is 1.75. The zero-order valence-electron chi connectivity index (χ0n) is 26.8. The lowest BCUT2D eigenvalue weighted by atomic mass is 9.80. The van der Waals surface area contributed by atoms with Crippen LogP contribution in [0.5, 0.6) is 11.5 Å². The molecule has 0 aliphatic carbocycles. The van der Waals surface area contributed by atoms with Gasteiger partial charge in [-0.1, -0.05) is 39.8 Å². The second kappa shape index (κ2) is 13.3. The maximum absolute atomic E-state index is 12.8. The van der Waals surface area contributed by atoms with Gasteiger partial charge < -0.3 is 23.7 Å². The number of aryl methyl sites for hydroxylation is 1. The highest BCUT2D eigenvalue weighted by atomic mass is 16.7. The van der Waals surface area contributed by atoms with E-state index in [1.165, 1.54) is 0 Å². The molecule has 4 heterocycles. The van der Waals surface area contributed by atoms with E-state index in [1.807, 2.05) is 121 Å². The number of carbonyl (C=O) groups excluding carboxylic acids is 1. The largest absolute Gasteiger partial charge is 0.497 e. The van der Waals surface area contributed by atoms with Crippen LogP contribution in [-0.2, 0) is 20.6 Å². The summed E-state index contributed by atoms with van der Waals surface area (Å²) in [5, 5.41) is 4.53. The zero-order valence-corrected chi connectivity index (χ0v) is 26.8. The van der Waals surface area contributed by atoms with Crippen LogP contribution in [0.15, 0.2) is 42.7 Å². The lowest BCUT2D eigenvalue weighted by Gasteiger charge is -2.32. The first-order chi connectivity index (χ1) is 19.5. The smallest absolute Gasteiger partial charge is 0.496 e. The number of likely N-dealkylation sites (tertiary alicyclic amines) is 1. The van der Waals surface area contributed by atoms with Crippen LogP contribution < -0.4 is 14.9 Å². The number of aromatic nitrogens is 2. The van der Waals surface area contributed by atoms with Gasteiger partial charge in [-0.3, -0.25) is 4.79 Å². The number of methoxy groups -OCH3 is 1. The molecule has 3 aromatic rings. The lowest BCUT2D eigenvalue weighted by Crippen LogP contribution is -2.41. The predicted octanol–water partition coefficient (Wildman–Crippen LogP) is 5.82. The molecule has 5 rings (SSSR count). The summed E-state index contributed by atoms with van der Waals surface area (Å²) in [6.07, 6.45) is 4.06. The molecule has 2 aliphatic rings. The number of hydrogen-bond donors (Lipinski definition) is 0. The van der Waals surface area contributed by atoms with E-state index >= 15 is 0 Å². The molecule has 0 N–H and O–H groups in total. The molecule has 0 radical (unpaired) electrons. The van der Waals surface area contributed by atoms with Crippen molar-refractivity contribution in [3.05, 3.63) is 53.9 Å². The predicted molar refractivity (Wildman–Crippen MR) is 165 cm³/mol. The minimum absolute atomic E-state index is 0.0783. The molecular weight excluding hydrogens is 517 g/mol. The van der Waals surface area contributed by atoms with Crippen LogP contribution in [0.2, 0.25) is 0 Å². The number of rotatable bonds is 7. The van der Waals surface area contributed by atoms with E-state index in [0.717, 1.165) is 33.6 Å². The number of amides is 1. The highest BCUT2D eigenvalue weighted by molar-refractivity contribution is 6.62. The number of nitrogens with zero attached hydrogens (tertiary/aromatic N) is 3. The van der Waals surface area contributed by atoms with Crippen molar-refractivity contribution in [3.8, 4) is 11.5 Å². The van der Waals surface area contributed by atoms with Gasteiger partial charge in [0.2, 0.25) is 5.91 Å². The van der Waals surface area contributed by atoms with E-state index in [4.69, 9.17) is 18.8 Å². The number of hydrogen-bond acceptors (Lipinski definition) is 6. The number of pyridine rings is 1. The molecule has 9 heteroatoms. The molecule has 224 valence electrons. The summed E-state index contributed by atoms with van der Waals surface area (Å²) in [5.41, 5.74) is 2.96. The third-order valence-corrected chi connectivity index (χ3v) is 8.06. The summed E-state index contributed by atoms with van der Waals surface area (Å²) < 4.78 is 26.2. The summed E-state index contributed by atoms with van der Waals surface area (Å²) >= 11 is 0.